The van der Waals surface area contributed by atoms with Crippen molar-refractivity contribution in [1.29, 1.82) is 0 Å². The number of ether oxygens (including phenoxy) is 2. The molecule has 25 heavy (non-hydrogen) atoms. The van der Waals surface area contributed by atoms with Gasteiger partial charge in [-0.1, -0.05) is 6.07 Å². The Balaban J connectivity index is 1.89. The highest BCUT2D eigenvalue weighted by Crippen LogP contribution is 2.26. The summed E-state index contributed by atoms with van der Waals surface area (Å²) in [6.07, 6.45) is 0. The van der Waals surface area contributed by atoms with Gasteiger partial charge in [-0.3, -0.25) is 14.9 Å². The number of halogens is 1. The number of nitro groups is 1. The molecule has 0 fully saturated rings. The molecule has 6 nitrogen and oxygen atoms in total. The van der Waals surface area contributed by atoms with Gasteiger partial charge < -0.3 is 9.47 Å². The third kappa shape index (κ3) is 5.18. The summed E-state index contributed by atoms with van der Waals surface area (Å²) in [5.41, 5.74) is 0.500. The quantitative estimate of drug-likeness (QED) is 0.320. The van der Waals surface area contributed by atoms with Crippen LogP contribution in [0.3, 0.4) is 0 Å². The van der Waals surface area contributed by atoms with Crippen LogP contribution in [0.5, 0.6) is 5.75 Å². The number of nitro benzene ring substituents is 1. The molecule has 0 heterocycles. The molecule has 0 aromatic heterocycles. The number of rotatable bonds is 7. The van der Waals surface area contributed by atoms with Gasteiger partial charge in [-0.25, -0.2) is 4.39 Å². The van der Waals surface area contributed by atoms with E-state index in [0.717, 1.165) is 0 Å². The summed E-state index contributed by atoms with van der Waals surface area (Å²) < 4.78 is 23.6. The maximum absolute atomic E-state index is 13.6. The van der Waals surface area contributed by atoms with Crippen molar-refractivity contribution < 1.29 is 23.6 Å². The lowest BCUT2D eigenvalue weighted by molar-refractivity contribution is -0.384. The van der Waals surface area contributed by atoms with Gasteiger partial charge in [0.25, 0.3) is 5.69 Å². The van der Waals surface area contributed by atoms with Gasteiger partial charge in [0, 0.05) is 17.0 Å². The first-order valence-corrected chi connectivity index (χ1v) is 8.19. The van der Waals surface area contributed by atoms with Gasteiger partial charge in [-0.15, -0.1) is 11.8 Å². The van der Waals surface area contributed by atoms with Gasteiger partial charge in [0.05, 0.1) is 12.0 Å². The van der Waals surface area contributed by atoms with Crippen LogP contribution < -0.4 is 4.74 Å². The van der Waals surface area contributed by atoms with Gasteiger partial charge in [0.1, 0.15) is 11.9 Å². The van der Waals surface area contributed by atoms with E-state index in [9.17, 15) is 19.3 Å². The van der Waals surface area contributed by atoms with Crippen LogP contribution in [0.2, 0.25) is 0 Å². The third-order valence-electron chi connectivity index (χ3n) is 3.29. The Kier molecular flexibility index (Phi) is 6.35. The summed E-state index contributed by atoms with van der Waals surface area (Å²) in [4.78, 5) is 22.9. The number of hydrogen-bond acceptors (Lipinski definition) is 6. The molecule has 0 saturated heterocycles. The number of thioether (sulfide) groups is 1. The number of carbonyl (C=O) groups is 1. The zero-order chi connectivity index (χ0) is 18.4. The molecule has 2 aromatic carbocycles. The van der Waals surface area contributed by atoms with E-state index in [1.165, 1.54) is 43.1 Å². The van der Waals surface area contributed by atoms with Crippen molar-refractivity contribution >= 4 is 23.4 Å². The van der Waals surface area contributed by atoms with E-state index < -0.39 is 22.0 Å². The van der Waals surface area contributed by atoms with Crippen molar-refractivity contribution in [1.82, 2.24) is 0 Å². The fourth-order valence-corrected chi connectivity index (χ4v) is 2.84. The first-order chi connectivity index (χ1) is 11.9. The van der Waals surface area contributed by atoms with Crippen molar-refractivity contribution in [2.75, 3.05) is 7.11 Å². The Hall–Kier alpha value is -2.61. The fraction of sp³-hybridized carbons (Fsp3) is 0.235. The van der Waals surface area contributed by atoms with E-state index >= 15 is 0 Å². The van der Waals surface area contributed by atoms with Gasteiger partial charge in [-0.2, -0.15) is 0 Å². The van der Waals surface area contributed by atoms with Gasteiger partial charge in [0.15, 0.2) is 11.6 Å². The molecule has 0 aliphatic rings. The molecule has 8 heteroatoms. The van der Waals surface area contributed by atoms with Crippen LogP contribution in [0, 0.1) is 15.9 Å². The van der Waals surface area contributed by atoms with Crippen LogP contribution in [-0.4, -0.2) is 23.3 Å². The highest BCUT2D eigenvalue weighted by Gasteiger charge is 2.17. The molecule has 2 aromatic rings. The van der Waals surface area contributed by atoms with Gasteiger partial charge in [-0.05, 0) is 36.8 Å². The summed E-state index contributed by atoms with van der Waals surface area (Å²) in [7, 11) is 1.37. The van der Waals surface area contributed by atoms with Crippen LogP contribution in [0.1, 0.15) is 12.5 Å². The summed E-state index contributed by atoms with van der Waals surface area (Å²) in [5.74, 6) is -0.860. The average molecular weight is 365 g/mol. The maximum Gasteiger partial charge on any atom is 0.319 e. The molecule has 0 N–H and O–H groups in total. The van der Waals surface area contributed by atoms with E-state index in [2.05, 4.69) is 0 Å². The van der Waals surface area contributed by atoms with Crippen LogP contribution in [-0.2, 0) is 16.1 Å². The zero-order valence-corrected chi connectivity index (χ0v) is 14.4. The predicted molar refractivity (Wildman–Crippen MR) is 91.2 cm³/mol. The molecule has 1 unspecified atom stereocenters. The lowest BCUT2D eigenvalue weighted by Gasteiger charge is -2.12. The minimum Gasteiger partial charge on any atom is -0.494 e. The van der Waals surface area contributed by atoms with Crippen LogP contribution in [0.25, 0.3) is 0 Å². The second-order valence-corrected chi connectivity index (χ2v) is 6.50. The molecule has 0 radical (unpaired) electrons. The SMILES string of the molecule is COc1ccc(COC(=O)C(C)Sc2ccc([N+](=O)[O-])cc2)cc1F. The monoisotopic (exact) mass is 365 g/mol. The minimum atomic E-state index is -0.524. The molecule has 0 saturated carbocycles. The molecule has 2 rings (SSSR count). The van der Waals surface area contributed by atoms with Crippen molar-refractivity contribution in [3.8, 4) is 5.75 Å². The number of nitrogens with zero attached hydrogens (tertiary/aromatic N) is 1. The van der Waals surface area contributed by atoms with Crippen molar-refractivity contribution in [3.63, 3.8) is 0 Å². The number of esters is 1. The Morgan fingerprint density at radius 2 is 1.96 bits per heavy atom. The average Bonchev–Trinajstić information content (AvgIpc) is 2.60. The third-order valence-corrected chi connectivity index (χ3v) is 4.38. The summed E-state index contributed by atoms with van der Waals surface area (Å²) in [6.45, 7) is 1.62. The standard InChI is InChI=1S/C17H16FNO5S/c1-11(25-14-6-4-13(5-7-14)19(21)22)17(20)24-10-12-3-8-16(23-2)15(18)9-12/h3-9,11H,10H2,1-2H3. The topological polar surface area (TPSA) is 78.7 Å². The highest BCUT2D eigenvalue weighted by molar-refractivity contribution is 8.00. The molecular weight excluding hydrogens is 349 g/mol. The van der Waals surface area contributed by atoms with E-state index in [4.69, 9.17) is 9.47 Å². The smallest absolute Gasteiger partial charge is 0.319 e. The Morgan fingerprint density at radius 3 is 2.52 bits per heavy atom. The van der Waals surface area contributed by atoms with Gasteiger partial charge in [0.2, 0.25) is 0 Å². The van der Waals surface area contributed by atoms with Crippen molar-refractivity contribution in [2.24, 2.45) is 0 Å². The Morgan fingerprint density at radius 1 is 1.28 bits per heavy atom. The number of benzene rings is 2. The minimum absolute atomic E-state index is 0.0129. The predicted octanol–water partition coefficient (Wildman–Crippen LogP) is 3.97. The second-order valence-electron chi connectivity index (χ2n) is 5.09. The van der Waals surface area contributed by atoms with Crippen LogP contribution in [0.4, 0.5) is 10.1 Å². The number of hydrogen-bond donors (Lipinski definition) is 0. The van der Waals surface area contributed by atoms with E-state index in [1.807, 2.05) is 0 Å². The molecule has 0 aliphatic carbocycles. The lowest BCUT2D eigenvalue weighted by atomic mass is 10.2. The number of methoxy groups -OCH3 is 1. The molecule has 0 aliphatic heterocycles. The van der Waals surface area contributed by atoms with E-state index in [0.29, 0.717) is 10.5 Å². The lowest BCUT2D eigenvalue weighted by Crippen LogP contribution is -2.16. The number of carbonyl (C=O) groups excluding carboxylic acids is 1. The molecular formula is C17H16FNO5S. The normalized spacial score (nSPS) is 11.6. The molecule has 0 bridgehead atoms. The highest BCUT2D eigenvalue weighted by atomic mass is 32.2. The van der Waals surface area contributed by atoms with E-state index in [-0.39, 0.29) is 18.0 Å². The molecule has 1 atom stereocenters. The van der Waals surface area contributed by atoms with Crippen LogP contribution >= 0.6 is 11.8 Å². The first kappa shape index (κ1) is 18.7. The summed E-state index contributed by atoms with van der Waals surface area (Å²) >= 11 is 1.23. The molecule has 0 spiro atoms. The summed E-state index contributed by atoms with van der Waals surface area (Å²) in [6, 6.07) is 10.2. The Bertz CT molecular complexity index is 766. The molecule has 0 amide bonds. The first-order valence-electron chi connectivity index (χ1n) is 7.31. The van der Waals surface area contributed by atoms with E-state index in [1.54, 1.807) is 25.1 Å². The van der Waals surface area contributed by atoms with Gasteiger partial charge >= 0.3 is 5.97 Å². The second kappa shape index (κ2) is 8.48. The van der Waals surface area contributed by atoms with Crippen LogP contribution in [0.15, 0.2) is 47.4 Å². The van der Waals surface area contributed by atoms with Crippen molar-refractivity contribution in [3.05, 3.63) is 64.0 Å². The largest absolute Gasteiger partial charge is 0.494 e. The zero-order valence-electron chi connectivity index (χ0n) is 13.6. The number of non-ortho nitro benzene ring substituents is 1. The maximum atomic E-state index is 13.6. The Labute approximate surface area is 148 Å². The summed E-state index contributed by atoms with van der Waals surface area (Å²) in [5, 5.41) is 10.1. The van der Waals surface area contributed by atoms with Crippen molar-refractivity contribution in [2.45, 2.75) is 23.7 Å². The molecule has 132 valence electrons. The fourth-order valence-electron chi connectivity index (χ4n) is 1.97.